The molecule has 1 aromatic carbocycles. The Kier molecular flexibility index (Phi) is 5.80. The molecule has 0 aliphatic carbocycles. The number of aryl methyl sites for hydroxylation is 1. The van der Waals surface area contributed by atoms with E-state index in [4.69, 9.17) is 0 Å². The largest absolute Gasteiger partial charge is 0.351 e. The second-order valence-electron chi connectivity index (χ2n) is 5.72. The molecule has 0 spiro atoms. The normalized spacial score (nSPS) is 20.8. The zero-order valence-corrected chi connectivity index (χ0v) is 13.3. The number of halogens is 1. The van der Waals surface area contributed by atoms with Crippen molar-refractivity contribution in [2.24, 2.45) is 0 Å². The van der Waals surface area contributed by atoms with Crippen LogP contribution in [0.25, 0.3) is 0 Å². The van der Waals surface area contributed by atoms with Gasteiger partial charge in [0.2, 0.25) is 11.8 Å². The summed E-state index contributed by atoms with van der Waals surface area (Å²) in [4.78, 5) is 25.9. The van der Waals surface area contributed by atoms with E-state index in [9.17, 15) is 9.59 Å². The van der Waals surface area contributed by atoms with E-state index < -0.39 is 0 Å². The standard InChI is InChI=1S/C16H21N3O2.ClH/c20-15(18-13-5-3-9-17-10-13)11-19-14-6-2-1-4-12(14)7-8-16(19)21;/h1-2,4,6,13,17H,3,5,7-11H2,(H,18,20);1H/t13-;/m0./s1. The van der Waals surface area contributed by atoms with Crippen molar-refractivity contribution in [3.63, 3.8) is 0 Å². The Bertz CT molecular complexity index is 544. The fraction of sp³-hybridized carbons (Fsp3) is 0.500. The number of carbonyl (C=O) groups excluding carboxylic acids is 2. The first-order chi connectivity index (χ1) is 10.2. The fourth-order valence-electron chi connectivity index (χ4n) is 3.06. The van der Waals surface area contributed by atoms with Crippen LogP contribution in [0.15, 0.2) is 24.3 Å². The smallest absolute Gasteiger partial charge is 0.240 e. The number of hydrogen-bond acceptors (Lipinski definition) is 3. The molecular weight excluding hydrogens is 302 g/mol. The molecule has 2 N–H and O–H groups in total. The highest BCUT2D eigenvalue weighted by Gasteiger charge is 2.26. The summed E-state index contributed by atoms with van der Waals surface area (Å²) in [7, 11) is 0. The monoisotopic (exact) mass is 323 g/mol. The SMILES string of the molecule is Cl.O=C(CN1C(=O)CCc2ccccc21)N[C@H]1CCCNC1. The highest BCUT2D eigenvalue weighted by Crippen LogP contribution is 2.27. The Balaban J connectivity index is 0.00000176. The van der Waals surface area contributed by atoms with Gasteiger partial charge in [-0.1, -0.05) is 18.2 Å². The Morgan fingerprint density at radius 2 is 2.14 bits per heavy atom. The highest BCUT2D eigenvalue weighted by molar-refractivity contribution is 6.01. The molecule has 1 saturated heterocycles. The van der Waals surface area contributed by atoms with Crippen LogP contribution in [0.3, 0.4) is 0 Å². The minimum Gasteiger partial charge on any atom is -0.351 e. The molecule has 1 aromatic rings. The molecule has 1 atom stereocenters. The highest BCUT2D eigenvalue weighted by atomic mass is 35.5. The summed E-state index contributed by atoms with van der Waals surface area (Å²) in [6.07, 6.45) is 3.33. The Morgan fingerprint density at radius 1 is 1.32 bits per heavy atom. The molecule has 1 fully saturated rings. The number of carbonyl (C=O) groups is 2. The van der Waals surface area contributed by atoms with Crippen molar-refractivity contribution >= 4 is 29.9 Å². The summed E-state index contributed by atoms with van der Waals surface area (Å²) in [6.45, 7) is 1.95. The van der Waals surface area contributed by atoms with E-state index >= 15 is 0 Å². The molecule has 0 unspecified atom stereocenters. The van der Waals surface area contributed by atoms with Crippen LogP contribution in [-0.4, -0.2) is 37.5 Å². The molecule has 5 nitrogen and oxygen atoms in total. The molecule has 0 aromatic heterocycles. The summed E-state index contributed by atoms with van der Waals surface area (Å²) in [5.41, 5.74) is 2.02. The molecule has 22 heavy (non-hydrogen) atoms. The second kappa shape index (κ2) is 7.61. The number of hydrogen-bond donors (Lipinski definition) is 2. The van der Waals surface area contributed by atoms with Gasteiger partial charge in [-0.25, -0.2) is 0 Å². The Labute approximate surface area is 136 Å². The lowest BCUT2D eigenvalue weighted by Gasteiger charge is -2.30. The topological polar surface area (TPSA) is 61.4 Å². The predicted molar refractivity (Wildman–Crippen MR) is 88.4 cm³/mol. The molecular formula is C16H22ClN3O2. The van der Waals surface area contributed by atoms with E-state index in [-0.39, 0.29) is 36.8 Å². The lowest BCUT2D eigenvalue weighted by atomic mass is 10.0. The van der Waals surface area contributed by atoms with Gasteiger partial charge in [0.15, 0.2) is 0 Å². The van der Waals surface area contributed by atoms with Crippen molar-refractivity contribution in [2.75, 3.05) is 24.5 Å². The fourth-order valence-corrected chi connectivity index (χ4v) is 3.06. The molecule has 0 bridgehead atoms. The van der Waals surface area contributed by atoms with E-state index in [0.717, 1.165) is 43.6 Å². The quantitative estimate of drug-likeness (QED) is 0.880. The summed E-state index contributed by atoms with van der Waals surface area (Å²) in [5.74, 6) is -0.0422. The minimum atomic E-state index is -0.0752. The van der Waals surface area contributed by atoms with E-state index in [0.29, 0.717) is 6.42 Å². The summed E-state index contributed by atoms with van der Waals surface area (Å²) in [5, 5.41) is 6.30. The molecule has 120 valence electrons. The van der Waals surface area contributed by atoms with Crippen molar-refractivity contribution in [1.29, 1.82) is 0 Å². The van der Waals surface area contributed by atoms with Crippen LogP contribution >= 0.6 is 12.4 Å². The lowest BCUT2D eigenvalue weighted by Crippen LogP contribution is -2.50. The van der Waals surface area contributed by atoms with E-state index in [1.807, 2.05) is 24.3 Å². The number of piperidine rings is 1. The molecule has 0 radical (unpaired) electrons. The average Bonchev–Trinajstić information content (AvgIpc) is 2.51. The van der Waals surface area contributed by atoms with Gasteiger partial charge >= 0.3 is 0 Å². The number of rotatable bonds is 3. The zero-order valence-electron chi connectivity index (χ0n) is 12.5. The zero-order chi connectivity index (χ0) is 14.7. The Hall–Kier alpha value is -1.59. The van der Waals surface area contributed by atoms with Crippen LogP contribution in [0.1, 0.15) is 24.8 Å². The van der Waals surface area contributed by atoms with Crippen LogP contribution < -0.4 is 15.5 Å². The maximum Gasteiger partial charge on any atom is 0.240 e. The summed E-state index contributed by atoms with van der Waals surface area (Å²) in [6, 6.07) is 8.01. The van der Waals surface area contributed by atoms with Crippen molar-refractivity contribution in [3.8, 4) is 0 Å². The van der Waals surface area contributed by atoms with Crippen molar-refractivity contribution in [2.45, 2.75) is 31.7 Å². The van der Waals surface area contributed by atoms with Gasteiger partial charge in [0, 0.05) is 24.7 Å². The Morgan fingerprint density at radius 3 is 2.91 bits per heavy atom. The van der Waals surface area contributed by atoms with Crippen LogP contribution in [0.4, 0.5) is 5.69 Å². The van der Waals surface area contributed by atoms with E-state index in [2.05, 4.69) is 10.6 Å². The van der Waals surface area contributed by atoms with Gasteiger partial charge in [-0.3, -0.25) is 9.59 Å². The van der Waals surface area contributed by atoms with Gasteiger partial charge in [-0.15, -0.1) is 12.4 Å². The first-order valence-corrected chi connectivity index (χ1v) is 7.62. The molecule has 2 aliphatic heterocycles. The molecule has 2 amide bonds. The molecule has 2 heterocycles. The first kappa shape index (κ1) is 16.8. The average molecular weight is 324 g/mol. The van der Waals surface area contributed by atoms with Crippen LogP contribution in [-0.2, 0) is 16.0 Å². The van der Waals surface area contributed by atoms with Gasteiger partial charge in [-0.05, 0) is 37.4 Å². The number of amides is 2. The first-order valence-electron chi connectivity index (χ1n) is 7.62. The van der Waals surface area contributed by atoms with Crippen LogP contribution in [0.2, 0.25) is 0 Å². The number of para-hydroxylation sites is 1. The summed E-state index contributed by atoms with van der Waals surface area (Å²) < 4.78 is 0. The van der Waals surface area contributed by atoms with Gasteiger partial charge in [0.05, 0.1) is 0 Å². The van der Waals surface area contributed by atoms with Gasteiger partial charge in [-0.2, -0.15) is 0 Å². The van der Waals surface area contributed by atoms with E-state index in [1.54, 1.807) is 4.90 Å². The molecule has 3 rings (SSSR count). The molecule has 2 aliphatic rings. The minimum absolute atomic E-state index is 0. The number of benzene rings is 1. The van der Waals surface area contributed by atoms with Gasteiger partial charge in [0.1, 0.15) is 6.54 Å². The van der Waals surface area contributed by atoms with Crippen molar-refractivity contribution < 1.29 is 9.59 Å². The van der Waals surface area contributed by atoms with Crippen LogP contribution in [0, 0.1) is 0 Å². The number of anilines is 1. The third kappa shape index (κ3) is 3.78. The number of fused-ring (bicyclic) bond motifs is 1. The predicted octanol–water partition coefficient (Wildman–Crippen LogP) is 1.26. The van der Waals surface area contributed by atoms with Crippen molar-refractivity contribution in [1.82, 2.24) is 10.6 Å². The third-order valence-electron chi connectivity index (χ3n) is 4.16. The molecule has 0 saturated carbocycles. The van der Waals surface area contributed by atoms with E-state index in [1.165, 1.54) is 0 Å². The number of nitrogens with one attached hydrogen (secondary N) is 2. The second-order valence-corrected chi connectivity index (χ2v) is 5.72. The maximum absolute atomic E-state index is 12.2. The van der Waals surface area contributed by atoms with Gasteiger partial charge < -0.3 is 15.5 Å². The lowest BCUT2D eigenvalue weighted by molar-refractivity contribution is -0.124. The summed E-state index contributed by atoms with van der Waals surface area (Å²) >= 11 is 0. The van der Waals surface area contributed by atoms with Crippen LogP contribution in [0.5, 0.6) is 0 Å². The third-order valence-corrected chi connectivity index (χ3v) is 4.16. The van der Waals surface area contributed by atoms with Gasteiger partial charge in [0.25, 0.3) is 0 Å². The molecule has 6 heteroatoms. The number of nitrogens with zero attached hydrogens (tertiary/aromatic N) is 1. The maximum atomic E-state index is 12.2. The van der Waals surface area contributed by atoms with Crippen molar-refractivity contribution in [3.05, 3.63) is 29.8 Å².